The Bertz CT molecular complexity index is 537. The van der Waals surface area contributed by atoms with Crippen molar-refractivity contribution in [2.45, 2.75) is 30.6 Å². The van der Waals surface area contributed by atoms with Gasteiger partial charge in [-0.3, -0.25) is 0 Å². The van der Waals surface area contributed by atoms with Crippen LogP contribution in [0.2, 0.25) is 5.02 Å². The second-order valence-electron chi connectivity index (χ2n) is 4.61. The van der Waals surface area contributed by atoms with E-state index in [9.17, 15) is 8.42 Å². The van der Waals surface area contributed by atoms with E-state index in [2.05, 4.69) is 0 Å². The molecule has 0 unspecified atom stereocenters. The van der Waals surface area contributed by atoms with Gasteiger partial charge in [0.1, 0.15) is 10.6 Å². The highest BCUT2D eigenvalue weighted by molar-refractivity contribution is 7.89. The first-order valence-corrected chi connectivity index (χ1v) is 8.21. The van der Waals surface area contributed by atoms with Crippen LogP contribution in [0.4, 0.5) is 0 Å². The molecule has 106 valence electrons. The van der Waals surface area contributed by atoms with E-state index in [1.54, 1.807) is 10.4 Å². The van der Waals surface area contributed by atoms with E-state index >= 15 is 0 Å². The minimum absolute atomic E-state index is 0.196. The zero-order valence-electron chi connectivity index (χ0n) is 10.9. The number of benzene rings is 1. The first kappa shape index (κ1) is 14.6. The molecule has 1 aliphatic heterocycles. The van der Waals surface area contributed by atoms with Gasteiger partial charge in [-0.1, -0.05) is 24.4 Å². The monoisotopic (exact) mass is 303 g/mol. The molecule has 0 saturated carbocycles. The molecule has 0 bridgehead atoms. The van der Waals surface area contributed by atoms with Gasteiger partial charge in [0.2, 0.25) is 10.0 Å². The van der Waals surface area contributed by atoms with Crippen LogP contribution in [0, 0.1) is 0 Å². The highest BCUT2D eigenvalue weighted by Gasteiger charge is 2.28. The summed E-state index contributed by atoms with van der Waals surface area (Å²) in [6.07, 6.45) is 4.00. The molecule has 1 saturated heterocycles. The third kappa shape index (κ3) is 3.22. The van der Waals surface area contributed by atoms with Gasteiger partial charge in [0.15, 0.2) is 0 Å². The van der Waals surface area contributed by atoms with Crippen molar-refractivity contribution in [3.8, 4) is 5.75 Å². The minimum Gasteiger partial charge on any atom is -0.495 e. The third-order valence-electron chi connectivity index (χ3n) is 3.31. The van der Waals surface area contributed by atoms with Gasteiger partial charge < -0.3 is 4.74 Å². The number of nitrogens with zero attached hydrogens (tertiary/aromatic N) is 1. The molecule has 0 amide bonds. The fourth-order valence-corrected chi connectivity index (χ4v) is 4.09. The Hall–Kier alpha value is -0.780. The van der Waals surface area contributed by atoms with Crippen LogP contribution in [-0.2, 0) is 10.0 Å². The van der Waals surface area contributed by atoms with Crippen molar-refractivity contribution in [1.82, 2.24) is 4.31 Å². The van der Waals surface area contributed by atoms with E-state index in [1.165, 1.54) is 19.2 Å². The molecule has 1 heterocycles. The summed E-state index contributed by atoms with van der Waals surface area (Å²) in [7, 11) is -2.04. The number of hydrogen-bond donors (Lipinski definition) is 0. The van der Waals surface area contributed by atoms with Crippen molar-refractivity contribution in [3.63, 3.8) is 0 Å². The highest BCUT2D eigenvalue weighted by Crippen LogP contribution is 2.30. The Morgan fingerprint density at radius 3 is 2.37 bits per heavy atom. The molecule has 0 atom stereocenters. The van der Waals surface area contributed by atoms with Crippen molar-refractivity contribution in [3.05, 3.63) is 23.2 Å². The summed E-state index contributed by atoms with van der Waals surface area (Å²) >= 11 is 5.87. The quantitative estimate of drug-likeness (QED) is 0.862. The highest BCUT2D eigenvalue weighted by atomic mass is 35.5. The topological polar surface area (TPSA) is 46.6 Å². The third-order valence-corrected chi connectivity index (χ3v) is 5.48. The standard InChI is InChI=1S/C13H18ClNO3S/c1-18-12-10-11(14)6-7-13(12)19(16,17)15-8-4-2-3-5-9-15/h6-7,10H,2-5,8-9H2,1H3. The van der Waals surface area contributed by atoms with Crippen molar-refractivity contribution in [2.75, 3.05) is 20.2 Å². The number of methoxy groups -OCH3 is 1. The lowest BCUT2D eigenvalue weighted by atomic mass is 10.2. The molecule has 2 rings (SSSR count). The van der Waals surface area contributed by atoms with Gasteiger partial charge in [0.05, 0.1) is 7.11 Å². The van der Waals surface area contributed by atoms with E-state index in [0.29, 0.717) is 23.9 Å². The lowest BCUT2D eigenvalue weighted by Crippen LogP contribution is -2.32. The molecule has 4 nitrogen and oxygen atoms in total. The van der Waals surface area contributed by atoms with E-state index in [1.807, 2.05) is 0 Å². The summed E-state index contributed by atoms with van der Waals surface area (Å²) in [4.78, 5) is 0.196. The molecule has 1 aliphatic rings. The van der Waals surface area contributed by atoms with Crippen LogP contribution in [0.1, 0.15) is 25.7 Å². The lowest BCUT2D eigenvalue weighted by molar-refractivity contribution is 0.391. The molecule has 0 radical (unpaired) electrons. The molecular weight excluding hydrogens is 286 g/mol. The zero-order valence-corrected chi connectivity index (χ0v) is 12.5. The zero-order chi connectivity index (χ0) is 13.9. The smallest absolute Gasteiger partial charge is 0.246 e. The SMILES string of the molecule is COc1cc(Cl)ccc1S(=O)(=O)N1CCCCCC1. The van der Waals surface area contributed by atoms with Crippen LogP contribution < -0.4 is 4.74 Å². The van der Waals surface area contributed by atoms with Crippen LogP contribution in [0.3, 0.4) is 0 Å². The molecule has 6 heteroatoms. The first-order valence-electron chi connectivity index (χ1n) is 6.39. The van der Waals surface area contributed by atoms with E-state index in [-0.39, 0.29) is 4.90 Å². The van der Waals surface area contributed by atoms with Gasteiger partial charge in [0.25, 0.3) is 0 Å². The van der Waals surface area contributed by atoms with Crippen LogP contribution in [0.25, 0.3) is 0 Å². The van der Waals surface area contributed by atoms with Gasteiger partial charge in [0, 0.05) is 24.2 Å². The fourth-order valence-electron chi connectivity index (χ4n) is 2.28. The molecule has 0 aliphatic carbocycles. The van der Waals surface area contributed by atoms with E-state index < -0.39 is 10.0 Å². The Morgan fingerprint density at radius 2 is 1.79 bits per heavy atom. The number of halogens is 1. The van der Waals surface area contributed by atoms with Crippen LogP contribution in [-0.4, -0.2) is 32.9 Å². The molecule has 0 aromatic heterocycles. The van der Waals surface area contributed by atoms with Gasteiger partial charge in [-0.15, -0.1) is 0 Å². The van der Waals surface area contributed by atoms with Gasteiger partial charge in [-0.05, 0) is 25.0 Å². The van der Waals surface area contributed by atoms with Crippen molar-refractivity contribution < 1.29 is 13.2 Å². The van der Waals surface area contributed by atoms with E-state index in [4.69, 9.17) is 16.3 Å². The van der Waals surface area contributed by atoms with Crippen molar-refractivity contribution in [2.24, 2.45) is 0 Å². The Kier molecular flexibility index (Phi) is 4.71. The molecule has 1 aromatic carbocycles. The lowest BCUT2D eigenvalue weighted by Gasteiger charge is -2.21. The average molecular weight is 304 g/mol. The molecule has 0 N–H and O–H groups in total. The molecule has 19 heavy (non-hydrogen) atoms. The normalized spacial score (nSPS) is 18.0. The second-order valence-corrected chi connectivity index (χ2v) is 6.96. The number of rotatable bonds is 3. The van der Waals surface area contributed by atoms with Crippen LogP contribution >= 0.6 is 11.6 Å². The summed E-state index contributed by atoms with van der Waals surface area (Å²) in [5, 5.41) is 0.465. The number of ether oxygens (including phenoxy) is 1. The van der Waals surface area contributed by atoms with Crippen LogP contribution in [0.5, 0.6) is 5.75 Å². The summed E-state index contributed by atoms with van der Waals surface area (Å²) in [5.41, 5.74) is 0. The first-order chi connectivity index (χ1) is 9.05. The predicted molar refractivity (Wildman–Crippen MR) is 75.2 cm³/mol. The van der Waals surface area contributed by atoms with Crippen LogP contribution in [0.15, 0.2) is 23.1 Å². The van der Waals surface area contributed by atoms with Gasteiger partial charge in [-0.25, -0.2) is 8.42 Å². The summed E-state index contributed by atoms with van der Waals surface area (Å²) in [6, 6.07) is 4.63. The molecular formula is C13H18ClNO3S. The number of hydrogen-bond acceptors (Lipinski definition) is 3. The maximum atomic E-state index is 12.6. The molecule has 1 aromatic rings. The van der Waals surface area contributed by atoms with Gasteiger partial charge >= 0.3 is 0 Å². The maximum absolute atomic E-state index is 12.6. The summed E-state index contributed by atoms with van der Waals surface area (Å²) in [6.45, 7) is 1.15. The van der Waals surface area contributed by atoms with E-state index in [0.717, 1.165) is 25.7 Å². The molecule has 0 spiro atoms. The van der Waals surface area contributed by atoms with Gasteiger partial charge in [-0.2, -0.15) is 4.31 Å². The number of sulfonamides is 1. The van der Waals surface area contributed by atoms with Crippen molar-refractivity contribution in [1.29, 1.82) is 0 Å². The Morgan fingerprint density at radius 1 is 1.16 bits per heavy atom. The largest absolute Gasteiger partial charge is 0.495 e. The average Bonchev–Trinajstić information content (AvgIpc) is 2.67. The minimum atomic E-state index is -3.50. The Labute approximate surface area is 119 Å². The predicted octanol–water partition coefficient (Wildman–Crippen LogP) is 2.91. The van der Waals surface area contributed by atoms with Crippen molar-refractivity contribution >= 4 is 21.6 Å². The Balaban J connectivity index is 2.38. The summed E-state index contributed by atoms with van der Waals surface area (Å²) in [5.74, 6) is 0.303. The maximum Gasteiger partial charge on any atom is 0.246 e. The summed E-state index contributed by atoms with van der Waals surface area (Å²) < 4.78 is 32.0. The molecule has 1 fully saturated rings. The second kappa shape index (κ2) is 6.11. The fraction of sp³-hybridized carbons (Fsp3) is 0.538.